The lowest BCUT2D eigenvalue weighted by atomic mass is 9.86. The summed E-state index contributed by atoms with van der Waals surface area (Å²) in [5.41, 5.74) is -0.213. The Kier molecular flexibility index (Phi) is 2.74. The van der Waals surface area contributed by atoms with E-state index in [0.29, 0.717) is 0 Å². The highest BCUT2D eigenvalue weighted by molar-refractivity contribution is 5.89. The standard InChI is InChI=1S/C10H17NO2/c1-4-10(3)5-6-11(9(10)13)7-8(2)12/h4-7H2,1-3H3. The monoisotopic (exact) mass is 183 g/mol. The van der Waals surface area contributed by atoms with E-state index in [2.05, 4.69) is 0 Å². The van der Waals surface area contributed by atoms with Crippen molar-refractivity contribution in [1.29, 1.82) is 0 Å². The molecule has 0 bridgehead atoms. The first-order chi connectivity index (χ1) is 5.99. The van der Waals surface area contributed by atoms with E-state index in [1.54, 1.807) is 4.90 Å². The highest BCUT2D eigenvalue weighted by Gasteiger charge is 2.41. The second-order valence-electron chi connectivity index (χ2n) is 4.09. The summed E-state index contributed by atoms with van der Waals surface area (Å²) in [5, 5.41) is 0. The summed E-state index contributed by atoms with van der Waals surface area (Å²) >= 11 is 0. The van der Waals surface area contributed by atoms with Gasteiger partial charge in [-0.2, -0.15) is 0 Å². The molecule has 1 saturated heterocycles. The molecule has 0 radical (unpaired) electrons. The number of likely N-dealkylation sites (tertiary alicyclic amines) is 1. The van der Waals surface area contributed by atoms with Crippen molar-refractivity contribution >= 4 is 11.7 Å². The number of carbonyl (C=O) groups excluding carboxylic acids is 2. The van der Waals surface area contributed by atoms with Crippen LogP contribution in [0.5, 0.6) is 0 Å². The zero-order valence-corrected chi connectivity index (χ0v) is 8.59. The van der Waals surface area contributed by atoms with Crippen LogP contribution in [0.3, 0.4) is 0 Å². The second-order valence-corrected chi connectivity index (χ2v) is 4.09. The second kappa shape index (κ2) is 3.48. The lowest BCUT2D eigenvalue weighted by Crippen LogP contribution is -2.35. The Labute approximate surface area is 79.1 Å². The summed E-state index contributed by atoms with van der Waals surface area (Å²) in [6.45, 7) is 6.55. The number of carbonyl (C=O) groups is 2. The number of ketones is 1. The maximum Gasteiger partial charge on any atom is 0.228 e. The third-order valence-corrected chi connectivity index (χ3v) is 2.93. The molecular weight excluding hydrogens is 166 g/mol. The Balaban J connectivity index is 2.65. The van der Waals surface area contributed by atoms with Gasteiger partial charge in [0.05, 0.1) is 6.54 Å². The molecule has 0 N–H and O–H groups in total. The molecule has 0 aromatic carbocycles. The minimum absolute atomic E-state index is 0.0636. The molecule has 1 heterocycles. The van der Waals surface area contributed by atoms with Crippen molar-refractivity contribution in [3.05, 3.63) is 0 Å². The highest BCUT2D eigenvalue weighted by atomic mass is 16.2. The van der Waals surface area contributed by atoms with Crippen molar-refractivity contribution in [2.45, 2.75) is 33.6 Å². The molecule has 3 nitrogen and oxygen atoms in total. The van der Waals surface area contributed by atoms with E-state index in [-0.39, 0.29) is 23.7 Å². The maximum atomic E-state index is 11.8. The summed E-state index contributed by atoms with van der Waals surface area (Å²) in [6, 6.07) is 0. The van der Waals surface area contributed by atoms with E-state index < -0.39 is 0 Å². The highest BCUT2D eigenvalue weighted by Crippen LogP contribution is 2.34. The fourth-order valence-electron chi connectivity index (χ4n) is 1.72. The number of amides is 1. The van der Waals surface area contributed by atoms with E-state index in [1.807, 2.05) is 13.8 Å². The molecular formula is C10H17NO2. The van der Waals surface area contributed by atoms with E-state index in [0.717, 1.165) is 19.4 Å². The van der Waals surface area contributed by atoms with Gasteiger partial charge in [-0.15, -0.1) is 0 Å². The van der Waals surface area contributed by atoms with Crippen LogP contribution in [0.15, 0.2) is 0 Å². The molecule has 1 aliphatic heterocycles. The minimum Gasteiger partial charge on any atom is -0.335 e. The van der Waals surface area contributed by atoms with Crippen LogP contribution in [0, 0.1) is 5.41 Å². The molecule has 1 amide bonds. The normalized spacial score (nSPS) is 28.2. The van der Waals surface area contributed by atoms with Gasteiger partial charge in [-0.1, -0.05) is 13.8 Å². The summed E-state index contributed by atoms with van der Waals surface area (Å²) in [5.74, 6) is 0.207. The van der Waals surface area contributed by atoms with Gasteiger partial charge in [0.1, 0.15) is 5.78 Å². The Bertz CT molecular complexity index is 237. The van der Waals surface area contributed by atoms with Gasteiger partial charge in [-0.05, 0) is 19.8 Å². The van der Waals surface area contributed by atoms with E-state index in [4.69, 9.17) is 0 Å². The molecule has 0 aliphatic carbocycles. The van der Waals surface area contributed by atoms with Gasteiger partial charge in [0.15, 0.2) is 0 Å². The van der Waals surface area contributed by atoms with Crippen LogP contribution in [0.4, 0.5) is 0 Å². The molecule has 13 heavy (non-hydrogen) atoms. The zero-order chi connectivity index (χ0) is 10.1. The molecule has 1 unspecified atom stereocenters. The van der Waals surface area contributed by atoms with E-state index in [1.165, 1.54) is 6.92 Å². The third kappa shape index (κ3) is 1.90. The summed E-state index contributed by atoms with van der Waals surface area (Å²) in [4.78, 5) is 24.3. The molecule has 74 valence electrons. The molecule has 3 heteroatoms. The summed E-state index contributed by atoms with van der Waals surface area (Å²) < 4.78 is 0. The van der Waals surface area contributed by atoms with Crippen molar-refractivity contribution < 1.29 is 9.59 Å². The first-order valence-corrected chi connectivity index (χ1v) is 4.78. The molecule has 1 fully saturated rings. The van der Waals surface area contributed by atoms with Gasteiger partial charge in [0, 0.05) is 12.0 Å². The molecule has 0 saturated carbocycles. The maximum absolute atomic E-state index is 11.8. The van der Waals surface area contributed by atoms with Crippen LogP contribution in [-0.4, -0.2) is 29.7 Å². The van der Waals surface area contributed by atoms with Crippen LogP contribution in [0.25, 0.3) is 0 Å². The van der Waals surface area contributed by atoms with Gasteiger partial charge in [0.2, 0.25) is 5.91 Å². The number of nitrogens with zero attached hydrogens (tertiary/aromatic N) is 1. The van der Waals surface area contributed by atoms with E-state index in [9.17, 15) is 9.59 Å². The van der Waals surface area contributed by atoms with Crippen molar-refractivity contribution in [3.63, 3.8) is 0 Å². The number of hydrogen-bond acceptors (Lipinski definition) is 2. The first-order valence-electron chi connectivity index (χ1n) is 4.78. The van der Waals surface area contributed by atoms with Crippen LogP contribution < -0.4 is 0 Å². The van der Waals surface area contributed by atoms with Crippen LogP contribution >= 0.6 is 0 Å². The zero-order valence-electron chi connectivity index (χ0n) is 8.59. The topological polar surface area (TPSA) is 37.4 Å². The molecule has 0 aromatic rings. The average Bonchev–Trinajstić information content (AvgIpc) is 2.33. The number of hydrogen-bond donors (Lipinski definition) is 0. The Morgan fingerprint density at radius 1 is 1.62 bits per heavy atom. The van der Waals surface area contributed by atoms with Crippen molar-refractivity contribution in [1.82, 2.24) is 4.90 Å². The molecule has 1 aliphatic rings. The van der Waals surface area contributed by atoms with Crippen molar-refractivity contribution in [3.8, 4) is 0 Å². The fraction of sp³-hybridized carbons (Fsp3) is 0.800. The van der Waals surface area contributed by atoms with Gasteiger partial charge < -0.3 is 4.90 Å². The Hall–Kier alpha value is -0.860. The fourth-order valence-corrected chi connectivity index (χ4v) is 1.72. The largest absolute Gasteiger partial charge is 0.335 e. The molecule has 0 spiro atoms. The average molecular weight is 183 g/mol. The van der Waals surface area contributed by atoms with Gasteiger partial charge >= 0.3 is 0 Å². The predicted octanol–water partition coefficient (Wildman–Crippen LogP) is 1.22. The van der Waals surface area contributed by atoms with Crippen molar-refractivity contribution in [2.75, 3.05) is 13.1 Å². The smallest absolute Gasteiger partial charge is 0.228 e. The van der Waals surface area contributed by atoms with Crippen LogP contribution in [-0.2, 0) is 9.59 Å². The lowest BCUT2D eigenvalue weighted by molar-refractivity contribution is -0.137. The summed E-state index contributed by atoms with van der Waals surface area (Å²) in [6.07, 6.45) is 1.75. The SMILES string of the molecule is CCC1(C)CCN(CC(C)=O)C1=O. The molecule has 1 rings (SSSR count). The van der Waals surface area contributed by atoms with Gasteiger partial charge in [-0.3, -0.25) is 9.59 Å². The number of Topliss-reactive ketones (excluding diaryl/α,β-unsaturated/α-hetero) is 1. The van der Waals surface area contributed by atoms with Crippen LogP contribution in [0.2, 0.25) is 0 Å². The lowest BCUT2D eigenvalue weighted by Gasteiger charge is -2.20. The first kappa shape index (κ1) is 10.2. The Morgan fingerprint density at radius 2 is 2.23 bits per heavy atom. The third-order valence-electron chi connectivity index (χ3n) is 2.93. The van der Waals surface area contributed by atoms with Crippen LogP contribution in [0.1, 0.15) is 33.6 Å². The van der Waals surface area contributed by atoms with E-state index >= 15 is 0 Å². The Morgan fingerprint density at radius 3 is 2.62 bits per heavy atom. The minimum atomic E-state index is -0.213. The summed E-state index contributed by atoms with van der Waals surface area (Å²) in [7, 11) is 0. The van der Waals surface area contributed by atoms with Gasteiger partial charge in [0.25, 0.3) is 0 Å². The predicted molar refractivity (Wildman–Crippen MR) is 50.3 cm³/mol. The molecule has 0 aromatic heterocycles. The van der Waals surface area contributed by atoms with Crippen molar-refractivity contribution in [2.24, 2.45) is 5.41 Å². The quantitative estimate of drug-likeness (QED) is 0.659. The molecule has 1 atom stereocenters. The van der Waals surface area contributed by atoms with Gasteiger partial charge in [-0.25, -0.2) is 0 Å². The number of rotatable bonds is 3.